The normalized spacial score (nSPS) is 16.4. The van der Waals surface area contributed by atoms with Crippen LogP contribution in [-0.2, 0) is 4.79 Å². The molecule has 3 heterocycles. The maximum atomic E-state index is 12.4. The number of para-hydroxylation sites is 1. The van der Waals surface area contributed by atoms with Crippen LogP contribution in [0.15, 0.2) is 126 Å². The van der Waals surface area contributed by atoms with Gasteiger partial charge in [-0.2, -0.15) is 0 Å². The number of nitrogens with zero attached hydrogens (tertiary/aromatic N) is 2. The van der Waals surface area contributed by atoms with E-state index in [0.29, 0.717) is 16.5 Å². The highest BCUT2D eigenvalue weighted by Gasteiger charge is 2.42. The van der Waals surface area contributed by atoms with Gasteiger partial charge in [-0.1, -0.05) is 54.6 Å². The summed E-state index contributed by atoms with van der Waals surface area (Å²) < 4.78 is 12.0. The second-order valence-corrected chi connectivity index (χ2v) is 9.65. The highest BCUT2D eigenvalue weighted by molar-refractivity contribution is 7.80. The van der Waals surface area contributed by atoms with E-state index in [4.69, 9.17) is 21.4 Å². The van der Waals surface area contributed by atoms with E-state index >= 15 is 0 Å². The zero-order valence-electron chi connectivity index (χ0n) is 21.4. The zero-order chi connectivity index (χ0) is 27.3. The summed E-state index contributed by atoms with van der Waals surface area (Å²) in [5, 5.41) is 6.89. The van der Waals surface area contributed by atoms with Crippen LogP contribution in [-0.4, -0.2) is 22.6 Å². The number of hydrogen-bond donors (Lipinski definition) is 2. The molecule has 198 valence electrons. The lowest BCUT2D eigenvalue weighted by Gasteiger charge is -2.26. The molecule has 0 saturated carbocycles. The van der Waals surface area contributed by atoms with Gasteiger partial charge in [-0.05, 0) is 72.9 Å². The predicted octanol–water partition coefficient (Wildman–Crippen LogP) is 6.54. The maximum Gasteiger partial charge on any atom is 0.262 e. The van der Waals surface area contributed by atoms with Gasteiger partial charge in [0.15, 0.2) is 11.7 Å². The van der Waals surface area contributed by atoms with Crippen molar-refractivity contribution >= 4 is 34.6 Å². The molecule has 1 saturated heterocycles. The number of thiocarbonyl (C=S) groups is 1. The Morgan fingerprint density at radius 3 is 2.35 bits per heavy atom. The summed E-state index contributed by atoms with van der Waals surface area (Å²) in [6.07, 6.45) is 1.77. The molecule has 5 aromatic rings. The van der Waals surface area contributed by atoms with E-state index in [9.17, 15) is 4.79 Å². The number of benzene rings is 3. The Kier molecular flexibility index (Phi) is 7.24. The minimum Gasteiger partial charge on any atom is -0.484 e. The van der Waals surface area contributed by atoms with Crippen molar-refractivity contribution in [2.24, 2.45) is 0 Å². The van der Waals surface area contributed by atoms with E-state index in [0.717, 1.165) is 28.5 Å². The standard InChI is InChI=1S/C32H26N4O3S/c37-29(21-38-25-11-5-2-6-12-25)34-23-14-16-24(17-15-23)36-31(30(35-32(36)40)26-13-7-8-20-33-26)28-19-18-27(39-28)22-9-3-1-4-10-22/h1-20,30-31H,21H2,(H,34,37)(H,35,40)/t30-,31+/m1/s1. The van der Waals surface area contributed by atoms with Gasteiger partial charge in [-0.3, -0.25) is 9.78 Å². The molecule has 1 aliphatic heterocycles. The molecule has 1 amide bonds. The maximum absolute atomic E-state index is 12.4. The van der Waals surface area contributed by atoms with E-state index in [1.807, 2.05) is 120 Å². The summed E-state index contributed by atoms with van der Waals surface area (Å²) in [7, 11) is 0. The number of amides is 1. The number of aromatic nitrogens is 1. The van der Waals surface area contributed by atoms with Crippen LogP contribution in [0.5, 0.6) is 5.75 Å². The van der Waals surface area contributed by atoms with Gasteiger partial charge in [0.2, 0.25) is 0 Å². The Balaban J connectivity index is 1.24. The van der Waals surface area contributed by atoms with Crippen molar-refractivity contribution in [1.29, 1.82) is 0 Å². The van der Waals surface area contributed by atoms with E-state index in [1.54, 1.807) is 6.20 Å². The van der Waals surface area contributed by atoms with Crippen molar-refractivity contribution in [2.75, 3.05) is 16.8 Å². The quantitative estimate of drug-likeness (QED) is 0.214. The van der Waals surface area contributed by atoms with Gasteiger partial charge in [-0.25, -0.2) is 0 Å². The Bertz CT molecular complexity index is 1590. The Labute approximate surface area is 237 Å². The molecule has 2 N–H and O–H groups in total. The molecule has 0 spiro atoms. The van der Waals surface area contributed by atoms with Gasteiger partial charge >= 0.3 is 0 Å². The summed E-state index contributed by atoms with van der Waals surface area (Å²) in [5.41, 5.74) is 3.37. The molecule has 3 aromatic carbocycles. The molecule has 0 unspecified atom stereocenters. The lowest BCUT2D eigenvalue weighted by Crippen LogP contribution is -2.29. The first-order chi connectivity index (χ1) is 19.7. The van der Waals surface area contributed by atoms with Crippen LogP contribution in [0, 0.1) is 0 Å². The highest BCUT2D eigenvalue weighted by Crippen LogP contribution is 2.43. The second kappa shape index (κ2) is 11.4. The summed E-state index contributed by atoms with van der Waals surface area (Å²) in [4.78, 5) is 19.1. The largest absolute Gasteiger partial charge is 0.484 e. The van der Waals surface area contributed by atoms with Gasteiger partial charge in [0.05, 0.1) is 11.7 Å². The number of pyridine rings is 1. The first-order valence-corrected chi connectivity index (χ1v) is 13.3. The van der Waals surface area contributed by atoms with Gasteiger partial charge in [0.25, 0.3) is 5.91 Å². The molecule has 6 rings (SSSR count). The first-order valence-electron chi connectivity index (χ1n) is 12.9. The van der Waals surface area contributed by atoms with Crippen LogP contribution in [0.1, 0.15) is 23.5 Å². The molecule has 40 heavy (non-hydrogen) atoms. The van der Waals surface area contributed by atoms with E-state index in [-0.39, 0.29) is 24.6 Å². The average Bonchev–Trinajstić information content (AvgIpc) is 3.63. The molecule has 7 nitrogen and oxygen atoms in total. The smallest absolute Gasteiger partial charge is 0.262 e. The molecule has 0 bridgehead atoms. The number of rotatable bonds is 8. The average molecular weight is 547 g/mol. The molecular weight excluding hydrogens is 520 g/mol. The van der Waals surface area contributed by atoms with Gasteiger partial charge in [-0.15, -0.1) is 0 Å². The molecule has 1 fully saturated rings. The number of carbonyl (C=O) groups excluding carboxylic acids is 1. The summed E-state index contributed by atoms with van der Waals surface area (Å²) in [6.45, 7) is -0.0814. The summed E-state index contributed by atoms with van der Waals surface area (Å²) in [6, 6.07) is 36.1. The fourth-order valence-electron chi connectivity index (χ4n) is 4.76. The van der Waals surface area contributed by atoms with Crippen LogP contribution in [0.3, 0.4) is 0 Å². The number of furan rings is 1. The van der Waals surface area contributed by atoms with Crippen LogP contribution < -0.4 is 20.3 Å². The molecule has 8 heteroatoms. The van der Waals surface area contributed by atoms with E-state index in [1.165, 1.54) is 0 Å². The predicted molar refractivity (Wildman–Crippen MR) is 159 cm³/mol. The monoisotopic (exact) mass is 546 g/mol. The number of hydrogen-bond acceptors (Lipinski definition) is 5. The summed E-state index contributed by atoms with van der Waals surface area (Å²) in [5.74, 6) is 1.94. The fraction of sp³-hybridized carbons (Fsp3) is 0.0938. The molecule has 2 aromatic heterocycles. The minimum absolute atomic E-state index is 0.0814. The van der Waals surface area contributed by atoms with Crippen molar-refractivity contribution in [2.45, 2.75) is 12.1 Å². The molecule has 0 radical (unpaired) electrons. The minimum atomic E-state index is -0.278. The molecule has 2 atom stereocenters. The Morgan fingerprint density at radius 1 is 0.900 bits per heavy atom. The van der Waals surface area contributed by atoms with Crippen LogP contribution in [0.4, 0.5) is 11.4 Å². The highest BCUT2D eigenvalue weighted by atomic mass is 32.1. The number of anilines is 2. The lowest BCUT2D eigenvalue weighted by atomic mass is 10.0. The van der Waals surface area contributed by atoms with Gasteiger partial charge < -0.3 is 24.7 Å². The fourth-order valence-corrected chi connectivity index (χ4v) is 5.11. The van der Waals surface area contributed by atoms with Crippen molar-refractivity contribution in [3.63, 3.8) is 0 Å². The summed E-state index contributed by atoms with van der Waals surface area (Å²) >= 11 is 5.82. The number of carbonyl (C=O) groups is 1. The lowest BCUT2D eigenvalue weighted by molar-refractivity contribution is -0.118. The second-order valence-electron chi connectivity index (χ2n) is 9.26. The SMILES string of the molecule is O=C(COc1ccccc1)Nc1ccc(N2C(=S)N[C@H](c3ccccn3)[C@@H]2c2ccc(-c3ccccc3)o2)cc1. The van der Waals surface area contributed by atoms with E-state index < -0.39 is 0 Å². The van der Waals surface area contributed by atoms with Gasteiger partial charge in [0.1, 0.15) is 23.3 Å². The Hall–Kier alpha value is -4.95. The third kappa shape index (κ3) is 5.43. The van der Waals surface area contributed by atoms with Crippen molar-refractivity contribution in [1.82, 2.24) is 10.3 Å². The topological polar surface area (TPSA) is 79.6 Å². The van der Waals surface area contributed by atoms with E-state index in [2.05, 4.69) is 15.6 Å². The van der Waals surface area contributed by atoms with Crippen molar-refractivity contribution < 1.29 is 13.9 Å². The Morgan fingerprint density at radius 2 is 1.62 bits per heavy atom. The molecule has 0 aliphatic carbocycles. The van der Waals surface area contributed by atoms with Crippen molar-refractivity contribution in [3.05, 3.63) is 133 Å². The first kappa shape index (κ1) is 25.3. The van der Waals surface area contributed by atoms with Crippen LogP contribution in [0.2, 0.25) is 0 Å². The molecule has 1 aliphatic rings. The third-order valence-corrected chi connectivity index (χ3v) is 6.93. The van der Waals surface area contributed by atoms with Crippen molar-refractivity contribution in [3.8, 4) is 17.1 Å². The number of nitrogens with one attached hydrogen (secondary N) is 2. The van der Waals surface area contributed by atoms with Gasteiger partial charge in [0, 0.05) is 23.1 Å². The van der Waals surface area contributed by atoms with Crippen LogP contribution >= 0.6 is 12.2 Å². The molecular formula is C32H26N4O3S. The third-order valence-electron chi connectivity index (χ3n) is 6.62. The van der Waals surface area contributed by atoms with Crippen LogP contribution in [0.25, 0.3) is 11.3 Å². The number of ether oxygens (including phenoxy) is 1. The zero-order valence-corrected chi connectivity index (χ0v) is 22.3.